The number of aromatic nitrogens is 4. The SMILES string of the molecule is C=CC(=O)N1CCCC(n2nc(C(=O)O)c3c(N)ncnc32)C1. The maximum absolute atomic E-state index is 11.8. The zero-order chi connectivity index (χ0) is 16.6. The van der Waals surface area contributed by atoms with Gasteiger partial charge in [0.25, 0.3) is 0 Å². The van der Waals surface area contributed by atoms with Crippen LogP contribution in [0.2, 0.25) is 0 Å². The van der Waals surface area contributed by atoms with Gasteiger partial charge in [-0.2, -0.15) is 5.10 Å². The lowest BCUT2D eigenvalue weighted by Gasteiger charge is -2.32. The number of likely N-dealkylation sites (tertiary alicyclic amines) is 1. The minimum atomic E-state index is -1.19. The Labute approximate surface area is 131 Å². The van der Waals surface area contributed by atoms with E-state index in [0.29, 0.717) is 18.7 Å². The molecule has 2 aromatic heterocycles. The minimum absolute atomic E-state index is 0.0773. The third-order valence-electron chi connectivity index (χ3n) is 3.95. The third kappa shape index (κ3) is 2.50. The molecule has 23 heavy (non-hydrogen) atoms. The van der Waals surface area contributed by atoms with Crippen LogP contribution in [0.15, 0.2) is 19.0 Å². The van der Waals surface area contributed by atoms with Crippen molar-refractivity contribution >= 4 is 28.7 Å². The Bertz CT molecular complexity index is 799. The number of piperidine rings is 1. The number of nitrogen functional groups attached to an aromatic ring is 1. The number of fused-ring (bicyclic) bond motifs is 1. The molecular weight excluding hydrogens is 300 g/mol. The number of carbonyl (C=O) groups is 2. The van der Waals surface area contributed by atoms with Crippen LogP contribution in [0.25, 0.3) is 11.0 Å². The summed E-state index contributed by atoms with van der Waals surface area (Å²) in [4.78, 5) is 32.9. The van der Waals surface area contributed by atoms with Crippen LogP contribution >= 0.6 is 0 Å². The number of rotatable bonds is 3. The number of aromatic carboxylic acids is 1. The Morgan fingerprint density at radius 1 is 1.43 bits per heavy atom. The van der Waals surface area contributed by atoms with Gasteiger partial charge in [0.2, 0.25) is 5.91 Å². The normalized spacial score (nSPS) is 18.1. The Morgan fingerprint density at radius 2 is 2.22 bits per heavy atom. The molecule has 1 aliphatic heterocycles. The van der Waals surface area contributed by atoms with Crippen LogP contribution in [0.4, 0.5) is 5.82 Å². The van der Waals surface area contributed by atoms with Crippen LogP contribution in [0.5, 0.6) is 0 Å². The van der Waals surface area contributed by atoms with Crippen molar-refractivity contribution in [3.05, 3.63) is 24.7 Å². The van der Waals surface area contributed by atoms with Crippen LogP contribution in [-0.4, -0.2) is 54.7 Å². The van der Waals surface area contributed by atoms with E-state index in [-0.39, 0.29) is 28.8 Å². The quantitative estimate of drug-likeness (QED) is 0.787. The van der Waals surface area contributed by atoms with Gasteiger partial charge in [0.15, 0.2) is 11.3 Å². The number of carbonyl (C=O) groups excluding carboxylic acids is 1. The van der Waals surface area contributed by atoms with Crippen molar-refractivity contribution in [1.82, 2.24) is 24.6 Å². The zero-order valence-corrected chi connectivity index (χ0v) is 12.3. The van der Waals surface area contributed by atoms with Gasteiger partial charge in [-0.15, -0.1) is 0 Å². The van der Waals surface area contributed by atoms with E-state index in [9.17, 15) is 14.7 Å². The molecule has 3 heterocycles. The van der Waals surface area contributed by atoms with Crippen molar-refractivity contribution < 1.29 is 14.7 Å². The predicted molar refractivity (Wildman–Crippen MR) is 81.7 cm³/mol. The first-order valence-corrected chi connectivity index (χ1v) is 7.16. The molecule has 0 saturated carbocycles. The smallest absolute Gasteiger partial charge is 0.357 e. The number of nitrogens with zero attached hydrogens (tertiary/aromatic N) is 5. The summed E-state index contributed by atoms with van der Waals surface area (Å²) < 4.78 is 1.54. The Kier molecular flexibility index (Phi) is 3.68. The highest BCUT2D eigenvalue weighted by atomic mass is 16.4. The number of hydrogen-bond acceptors (Lipinski definition) is 6. The van der Waals surface area contributed by atoms with Crippen molar-refractivity contribution in [2.24, 2.45) is 0 Å². The fraction of sp³-hybridized carbons (Fsp3) is 0.357. The van der Waals surface area contributed by atoms with E-state index in [4.69, 9.17) is 5.73 Å². The number of carboxylic acids is 1. The summed E-state index contributed by atoms with van der Waals surface area (Å²) in [6, 6.07) is -0.169. The average molecular weight is 316 g/mol. The summed E-state index contributed by atoms with van der Waals surface area (Å²) in [5.74, 6) is -1.27. The standard InChI is InChI=1S/C14H16N6O3/c1-2-9(21)19-5-3-4-8(6-19)20-13-10(11(18-20)14(22)23)12(15)16-7-17-13/h2,7-8H,1,3-6H2,(H,22,23)(H2,15,16,17). The second kappa shape index (κ2) is 5.67. The molecule has 0 bridgehead atoms. The molecule has 0 aromatic carbocycles. The summed E-state index contributed by atoms with van der Waals surface area (Å²) >= 11 is 0. The van der Waals surface area contributed by atoms with Crippen molar-refractivity contribution in [3.63, 3.8) is 0 Å². The molecule has 0 radical (unpaired) electrons. The Morgan fingerprint density at radius 3 is 2.91 bits per heavy atom. The lowest BCUT2D eigenvalue weighted by atomic mass is 10.1. The van der Waals surface area contributed by atoms with Crippen LogP contribution in [-0.2, 0) is 4.79 Å². The summed E-state index contributed by atoms with van der Waals surface area (Å²) in [6.07, 6.45) is 4.10. The summed E-state index contributed by atoms with van der Waals surface area (Å²) in [7, 11) is 0. The minimum Gasteiger partial charge on any atom is -0.476 e. The molecule has 2 aromatic rings. The predicted octanol–water partition coefficient (Wildman–Crippen LogP) is 0.456. The first kappa shape index (κ1) is 14.9. The highest BCUT2D eigenvalue weighted by Crippen LogP contribution is 2.28. The van der Waals surface area contributed by atoms with Gasteiger partial charge < -0.3 is 15.7 Å². The number of hydrogen-bond donors (Lipinski definition) is 2. The van der Waals surface area contributed by atoms with Gasteiger partial charge >= 0.3 is 5.97 Å². The lowest BCUT2D eigenvalue weighted by molar-refractivity contribution is -0.127. The third-order valence-corrected chi connectivity index (χ3v) is 3.95. The molecular formula is C14H16N6O3. The van der Waals surface area contributed by atoms with E-state index in [1.165, 1.54) is 12.4 Å². The van der Waals surface area contributed by atoms with E-state index in [0.717, 1.165) is 12.8 Å². The topological polar surface area (TPSA) is 127 Å². The second-order valence-corrected chi connectivity index (χ2v) is 5.34. The maximum atomic E-state index is 11.8. The molecule has 0 aliphatic carbocycles. The number of anilines is 1. The fourth-order valence-corrected chi connectivity index (χ4v) is 2.88. The van der Waals surface area contributed by atoms with Crippen molar-refractivity contribution in [3.8, 4) is 0 Å². The molecule has 1 aliphatic rings. The van der Waals surface area contributed by atoms with Crippen LogP contribution in [0, 0.1) is 0 Å². The highest BCUT2D eigenvalue weighted by molar-refractivity contribution is 6.04. The molecule has 3 N–H and O–H groups in total. The van der Waals surface area contributed by atoms with Crippen molar-refractivity contribution in [2.75, 3.05) is 18.8 Å². The van der Waals surface area contributed by atoms with E-state index in [1.807, 2.05) is 0 Å². The van der Waals surface area contributed by atoms with Gasteiger partial charge in [-0.1, -0.05) is 6.58 Å². The van der Waals surface area contributed by atoms with Gasteiger partial charge in [0.05, 0.1) is 11.4 Å². The summed E-state index contributed by atoms with van der Waals surface area (Å²) in [5, 5.41) is 13.7. The number of amides is 1. The van der Waals surface area contributed by atoms with Gasteiger partial charge in [-0.25, -0.2) is 19.4 Å². The maximum Gasteiger partial charge on any atom is 0.357 e. The van der Waals surface area contributed by atoms with E-state index >= 15 is 0 Å². The van der Waals surface area contributed by atoms with Crippen LogP contribution in [0.1, 0.15) is 29.4 Å². The Balaban J connectivity index is 2.06. The monoisotopic (exact) mass is 316 g/mol. The van der Waals surface area contributed by atoms with E-state index < -0.39 is 5.97 Å². The largest absolute Gasteiger partial charge is 0.476 e. The van der Waals surface area contributed by atoms with E-state index in [2.05, 4.69) is 21.6 Å². The number of carboxylic acid groups (broad SMARTS) is 1. The molecule has 9 nitrogen and oxygen atoms in total. The van der Waals surface area contributed by atoms with Crippen molar-refractivity contribution in [2.45, 2.75) is 18.9 Å². The van der Waals surface area contributed by atoms with Gasteiger partial charge in [-0.05, 0) is 18.9 Å². The molecule has 1 saturated heterocycles. The molecule has 1 fully saturated rings. The molecule has 3 rings (SSSR count). The molecule has 0 spiro atoms. The van der Waals surface area contributed by atoms with Crippen molar-refractivity contribution in [1.29, 1.82) is 0 Å². The van der Waals surface area contributed by atoms with Gasteiger partial charge in [0, 0.05) is 13.1 Å². The van der Waals surface area contributed by atoms with E-state index in [1.54, 1.807) is 9.58 Å². The lowest BCUT2D eigenvalue weighted by Crippen LogP contribution is -2.40. The van der Waals surface area contributed by atoms with Gasteiger partial charge in [0.1, 0.15) is 12.1 Å². The summed E-state index contributed by atoms with van der Waals surface area (Å²) in [6.45, 7) is 4.56. The van der Waals surface area contributed by atoms with Gasteiger partial charge in [-0.3, -0.25) is 4.79 Å². The summed E-state index contributed by atoms with van der Waals surface area (Å²) in [5.41, 5.74) is 5.98. The number of nitrogens with two attached hydrogens (primary N) is 1. The molecule has 1 amide bonds. The molecule has 1 atom stereocenters. The highest BCUT2D eigenvalue weighted by Gasteiger charge is 2.29. The first-order chi connectivity index (χ1) is 11.0. The molecule has 120 valence electrons. The first-order valence-electron chi connectivity index (χ1n) is 7.16. The average Bonchev–Trinajstić information content (AvgIpc) is 2.95. The second-order valence-electron chi connectivity index (χ2n) is 5.34. The fourth-order valence-electron chi connectivity index (χ4n) is 2.88. The zero-order valence-electron chi connectivity index (χ0n) is 12.3. The van der Waals surface area contributed by atoms with Crippen LogP contribution < -0.4 is 5.73 Å². The molecule has 9 heteroatoms. The Hall–Kier alpha value is -2.97. The molecule has 1 unspecified atom stereocenters. The van der Waals surface area contributed by atoms with Crippen LogP contribution in [0.3, 0.4) is 0 Å².